The molecule has 0 radical (unpaired) electrons. The molecule has 30 heavy (non-hydrogen) atoms. The fourth-order valence-electron chi connectivity index (χ4n) is 3.22. The van der Waals surface area contributed by atoms with Crippen molar-refractivity contribution in [3.63, 3.8) is 0 Å². The lowest BCUT2D eigenvalue weighted by Gasteiger charge is -2.14. The van der Waals surface area contributed by atoms with Gasteiger partial charge in [-0.1, -0.05) is 48.2 Å². The summed E-state index contributed by atoms with van der Waals surface area (Å²) < 4.78 is 42.3. The van der Waals surface area contributed by atoms with Gasteiger partial charge in [-0.2, -0.15) is 13.2 Å². The zero-order chi connectivity index (χ0) is 21.3. The van der Waals surface area contributed by atoms with Crippen LogP contribution in [-0.2, 0) is 12.3 Å². The highest BCUT2D eigenvalue weighted by molar-refractivity contribution is 7.98. The molecular weight excluding hydrogens is 413 g/mol. The summed E-state index contributed by atoms with van der Waals surface area (Å²) in [6, 6.07) is 15.6. The number of fused-ring (bicyclic) bond motifs is 1. The van der Waals surface area contributed by atoms with Crippen LogP contribution in [0.2, 0.25) is 0 Å². The number of nitrogens with zero attached hydrogens (tertiary/aromatic N) is 4. The van der Waals surface area contributed by atoms with Gasteiger partial charge in [0.05, 0.1) is 17.6 Å². The molecule has 0 bridgehead atoms. The van der Waals surface area contributed by atoms with Gasteiger partial charge in [0.1, 0.15) is 12.2 Å². The van der Waals surface area contributed by atoms with Crippen LogP contribution in [0.4, 0.5) is 13.2 Å². The molecule has 0 unspecified atom stereocenters. The summed E-state index contributed by atoms with van der Waals surface area (Å²) in [5.41, 5.74) is 2.56. The van der Waals surface area contributed by atoms with Gasteiger partial charge >= 0.3 is 6.18 Å². The van der Waals surface area contributed by atoms with E-state index in [1.165, 1.54) is 16.7 Å². The zero-order valence-corrected chi connectivity index (χ0v) is 16.7. The average Bonchev–Trinajstić information content (AvgIpc) is 3.07. The number of hydrogen-bond acceptors (Lipinski definition) is 4. The van der Waals surface area contributed by atoms with Gasteiger partial charge < -0.3 is 4.57 Å². The Bertz CT molecular complexity index is 1250. The fourth-order valence-corrected chi connectivity index (χ4v) is 4.09. The van der Waals surface area contributed by atoms with Crippen molar-refractivity contribution in [2.24, 2.45) is 0 Å². The molecule has 0 fully saturated rings. The minimum atomic E-state index is -4.39. The number of halogens is 3. The summed E-state index contributed by atoms with van der Waals surface area (Å²) >= 11 is 1.12. The standard InChI is InChI=1S/C21H17F3N4OS/c1-14-6-5-9-18-26-16(10-19(29)28(14)18)12-30-20-25-11-17(15-7-3-2-4-8-15)27(20)13-21(22,23)24/h2-11H,12-13H2,1H3. The molecule has 4 aromatic rings. The van der Waals surface area contributed by atoms with E-state index < -0.39 is 12.7 Å². The van der Waals surface area contributed by atoms with E-state index in [4.69, 9.17) is 0 Å². The summed E-state index contributed by atoms with van der Waals surface area (Å²) in [6.45, 7) is 0.663. The first-order chi connectivity index (χ1) is 14.3. The molecule has 154 valence electrons. The summed E-state index contributed by atoms with van der Waals surface area (Å²) in [5, 5.41) is 0.220. The van der Waals surface area contributed by atoms with Crippen molar-refractivity contribution < 1.29 is 13.2 Å². The Kier molecular flexibility index (Phi) is 5.38. The van der Waals surface area contributed by atoms with Crippen molar-refractivity contribution in [1.82, 2.24) is 18.9 Å². The highest BCUT2D eigenvalue weighted by Crippen LogP contribution is 2.31. The van der Waals surface area contributed by atoms with Gasteiger partial charge in [0.25, 0.3) is 5.56 Å². The molecule has 0 amide bonds. The summed E-state index contributed by atoms with van der Waals surface area (Å²) in [4.78, 5) is 21.1. The number of benzene rings is 1. The molecule has 0 aliphatic carbocycles. The number of thioether (sulfide) groups is 1. The van der Waals surface area contributed by atoms with Crippen LogP contribution >= 0.6 is 11.8 Å². The van der Waals surface area contributed by atoms with Crippen molar-refractivity contribution in [3.05, 3.63) is 82.5 Å². The lowest BCUT2D eigenvalue weighted by atomic mass is 10.2. The third-order valence-corrected chi connectivity index (χ3v) is 5.53. The van der Waals surface area contributed by atoms with Crippen LogP contribution in [0.15, 0.2) is 70.7 Å². The van der Waals surface area contributed by atoms with E-state index in [0.717, 1.165) is 22.0 Å². The molecule has 0 spiro atoms. The number of aromatic nitrogens is 4. The van der Waals surface area contributed by atoms with Crippen molar-refractivity contribution in [1.29, 1.82) is 0 Å². The van der Waals surface area contributed by atoms with Crippen molar-refractivity contribution >= 4 is 17.4 Å². The van der Waals surface area contributed by atoms with Gasteiger partial charge in [0, 0.05) is 17.5 Å². The van der Waals surface area contributed by atoms with Crippen LogP contribution in [0.5, 0.6) is 0 Å². The predicted molar refractivity (Wildman–Crippen MR) is 109 cm³/mol. The van der Waals surface area contributed by atoms with Crippen LogP contribution in [0.3, 0.4) is 0 Å². The number of hydrogen-bond donors (Lipinski definition) is 0. The van der Waals surface area contributed by atoms with Crippen molar-refractivity contribution in [3.8, 4) is 11.3 Å². The first-order valence-corrected chi connectivity index (χ1v) is 10.1. The highest BCUT2D eigenvalue weighted by atomic mass is 32.2. The normalized spacial score (nSPS) is 11.9. The largest absolute Gasteiger partial charge is 0.406 e. The van der Waals surface area contributed by atoms with E-state index in [-0.39, 0.29) is 16.5 Å². The highest BCUT2D eigenvalue weighted by Gasteiger charge is 2.30. The second kappa shape index (κ2) is 7.98. The minimum absolute atomic E-state index is 0.220. The summed E-state index contributed by atoms with van der Waals surface area (Å²) in [5.74, 6) is 0.225. The van der Waals surface area contributed by atoms with Crippen LogP contribution < -0.4 is 5.56 Å². The van der Waals surface area contributed by atoms with Crippen LogP contribution in [-0.4, -0.2) is 25.1 Å². The Hall–Kier alpha value is -3.07. The topological polar surface area (TPSA) is 52.2 Å². The van der Waals surface area contributed by atoms with Gasteiger partial charge in [-0.25, -0.2) is 9.97 Å². The maximum Gasteiger partial charge on any atom is 0.406 e. The smallest absolute Gasteiger partial charge is 0.310 e. The quantitative estimate of drug-likeness (QED) is 0.430. The summed E-state index contributed by atoms with van der Waals surface area (Å²) in [7, 11) is 0. The molecule has 0 N–H and O–H groups in total. The molecule has 5 nitrogen and oxygen atoms in total. The lowest BCUT2D eigenvalue weighted by molar-refractivity contribution is -0.141. The second-order valence-corrected chi connectivity index (χ2v) is 7.67. The Morgan fingerprint density at radius 1 is 1.07 bits per heavy atom. The number of imidazole rings is 1. The molecule has 0 saturated carbocycles. The predicted octanol–water partition coefficient (Wildman–Crippen LogP) is 4.72. The molecule has 1 aromatic carbocycles. The molecule has 0 aliphatic heterocycles. The number of alkyl halides is 3. The van der Waals surface area contributed by atoms with Crippen LogP contribution in [0.25, 0.3) is 16.9 Å². The fraction of sp³-hybridized carbons (Fsp3) is 0.190. The third kappa shape index (κ3) is 4.25. The van der Waals surface area contributed by atoms with E-state index in [0.29, 0.717) is 22.6 Å². The van der Waals surface area contributed by atoms with E-state index in [2.05, 4.69) is 9.97 Å². The maximum atomic E-state index is 13.2. The van der Waals surface area contributed by atoms with Crippen molar-refractivity contribution in [2.75, 3.05) is 0 Å². The van der Waals surface area contributed by atoms with Crippen molar-refractivity contribution in [2.45, 2.75) is 30.6 Å². The Balaban J connectivity index is 1.66. The Labute approximate surface area is 174 Å². The molecular formula is C21H17F3N4OS. The minimum Gasteiger partial charge on any atom is -0.310 e. The average molecular weight is 430 g/mol. The van der Waals surface area contributed by atoms with Gasteiger partial charge in [0.2, 0.25) is 0 Å². The van der Waals surface area contributed by atoms with Gasteiger partial charge in [-0.15, -0.1) is 0 Å². The Morgan fingerprint density at radius 2 is 1.83 bits per heavy atom. The molecule has 0 atom stereocenters. The number of rotatable bonds is 5. The van der Waals surface area contributed by atoms with Gasteiger partial charge in [-0.05, 0) is 24.6 Å². The first kappa shape index (κ1) is 20.2. The molecule has 0 saturated heterocycles. The lowest BCUT2D eigenvalue weighted by Crippen LogP contribution is -2.19. The number of aryl methyl sites for hydroxylation is 1. The molecule has 3 aromatic heterocycles. The summed E-state index contributed by atoms with van der Waals surface area (Å²) in [6.07, 6.45) is -2.95. The Morgan fingerprint density at radius 3 is 2.57 bits per heavy atom. The maximum absolute atomic E-state index is 13.2. The van der Waals surface area contributed by atoms with Gasteiger partial charge in [-0.3, -0.25) is 9.20 Å². The first-order valence-electron chi connectivity index (χ1n) is 9.10. The SMILES string of the molecule is Cc1cccc2nc(CSc3ncc(-c4ccccc4)n3CC(F)(F)F)cc(=O)n12. The van der Waals surface area contributed by atoms with E-state index in [1.807, 2.05) is 13.0 Å². The van der Waals surface area contributed by atoms with Crippen LogP contribution in [0, 0.1) is 6.92 Å². The third-order valence-electron chi connectivity index (χ3n) is 4.51. The monoisotopic (exact) mass is 430 g/mol. The molecule has 3 heterocycles. The van der Waals surface area contributed by atoms with E-state index in [9.17, 15) is 18.0 Å². The molecule has 0 aliphatic rings. The van der Waals surface area contributed by atoms with E-state index in [1.54, 1.807) is 42.5 Å². The van der Waals surface area contributed by atoms with Crippen LogP contribution in [0.1, 0.15) is 11.4 Å². The van der Waals surface area contributed by atoms with E-state index >= 15 is 0 Å². The second-order valence-electron chi connectivity index (χ2n) is 6.73. The number of pyridine rings is 1. The molecule has 9 heteroatoms. The molecule has 4 rings (SSSR count). The van der Waals surface area contributed by atoms with Gasteiger partial charge in [0.15, 0.2) is 5.16 Å². The zero-order valence-electron chi connectivity index (χ0n) is 15.9.